The highest BCUT2D eigenvalue weighted by atomic mass is 32.2. The van der Waals surface area contributed by atoms with Crippen LogP contribution in [0.25, 0.3) is 11.1 Å². The summed E-state index contributed by atoms with van der Waals surface area (Å²) in [5, 5.41) is 7.42. The molecule has 0 fully saturated rings. The number of carboxylic acids is 1. The van der Waals surface area contributed by atoms with Crippen molar-refractivity contribution < 1.29 is 27.9 Å². The summed E-state index contributed by atoms with van der Waals surface area (Å²) in [7, 11) is -3.89. The minimum absolute atomic E-state index is 0.0766. The number of rotatable bonds is 7. The fourth-order valence-electron chi connectivity index (χ4n) is 2.48. The van der Waals surface area contributed by atoms with Gasteiger partial charge in [0.1, 0.15) is 11.6 Å². The van der Waals surface area contributed by atoms with Crippen molar-refractivity contribution in [2.24, 2.45) is 5.73 Å². The van der Waals surface area contributed by atoms with Gasteiger partial charge in [0, 0.05) is 6.92 Å². The molecule has 2 aromatic carbocycles. The van der Waals surface area contributed by atoms with E-state index in [1.54, 1.807) is 32.9 Å². The summed E-state index contributed by atoms with van der Waals surface area (Å²) in [5.41, 5.74) is 6.71. The van der Waals surface area contributed by atoms with Gasteiger partial charge in [0.15, 0.2) is 0 Å². The van der Waals surface area contributed by atoms with E-state index in [1.165, 1.54) is 12.1 Å². The van der Waals surface area contributed by atoms with Gasteiger partial charge in [0.25, 0.3) is 5.97 Å². The number of carbonyl (C=O) groups excluding carboxylic acids is 1. The molecule has 0 unspecified atom stereocenters. The minimum Gasteiger partial charge on any atom is -0.481 e. The van der Waals surface area contributed by atoms with E-state index in [0.29, 0.717) is 0 Å². The molecule has 0 heterocycles. The van der Waals surface area contributed by atoms with Crippen LogP contribution in [0.1, 0.15) is 34.1 Å². The predicted molar refractivity (Wildman–Crippen MR) is 119 cm³/mol. The maximum atomic E-state index is 12.7. The van der Waals surface area contributed by atoms with Gasteiger partial charge in [-0.1, -0.05) is 42.5 Å². The first-order valence-corrected chi connectivity index (χ1v) is 11.1. The van der Waals surface area contributed by atoms with Gasteiger partial charge < -0.3 is 15.6 Å². The molecule has 2 aromatic rings. The number of benzene rings is 2. The molecule has 0 spiro atoms. The molecule has 0 saturated carbocycles. The number of aliphatic carboxylic acids is 1. The largest absolute Gasteiger partial charge is 0.481 e. The van der Waals surface area contributed by atoms with E-state index < -0.39 is 33.6 Å². The number of sulfonamides is 1. The molecule has 8 nitrogen and oxygen atoms in total. The number of carbonyl (C=O) groups is 2. The molecule has 170 valence electrons. The number of nitrogens with two attached hydrogens (primary N) is 1. The average molecular weight is 451 g/mol. The second-order valence-electron chi connectivity index (χ2n) is 7.69. The number of ether oxygens (including phenoxy) is 1. The van der Waals surface area contributed by atoms with Crippen LogP contribution >= 0.6 is 0 Å². The summed E-state index contributed by atoms with van der Waals surface area (Å²) in [6.45, 7) is 6.41. The van der Waals surface area contributed by atoms with Crippen molar-refractivity contribution in [2.45, 2.75) is 50.7 Å². The van der Waals surface area contributed by atoms with Crippen LogP contribution in [-0.4, -0.2) is 43.7 Å². The van der Waals surface area contributed by atoms with Crippen molar-refractivity contribution in [2.75, 3.05) is 6.54 Å². The highest BCUT2D eigenvalue weighted by Crippen LogP contribution is 2.21. The highest BCUT2D eigenvalue weighted by Gasteiger charge is 2.29. The van der Waals surface area contributed by atoms with E-state index in [-0.39, 0.29) is 17.9 Å². The molecule has 2 rings (SSSR count). The summed E-state index contributed by atoms with van der Waals surface area (Å²) in [4.78, 5) is 21.4. The van der Waals surface area contributed by atoms with Gasteiger partial charge in [-0.2, -0.15) is 4.72 Å². The molecular formula is C22H30N2O6S. The van der Waals surface area contributed by atoms with Crippen LogP contribution in [0.3, 0.4) is 0 Å². The van der Waals surface area contributed by atoms with E-state index in [9.17, 15) is 13.2 Å². The van der Waals surface area contributed by atoms with Gasteiger partial charge in [-0.3, -0.25) is 9.59 Å². The second-order valence-corrected chi connectivity index (χ2v) is 9.41. The molecule has 0 aliphatic heterocycles. The van der Waals surface area contributed by atoms with Crippen LogP contribution in [0.5, 0.6) is 0 Å². The van der Waals surface area contributed by atoms with Crippen LogP contribution in [0, 0.1) is 0 Å². The zero-order valence-corrected chi connectivity index (χ0v) is 19.0. The molecule has 0 saturated heterocycles. The standard InChI is InChI=1S/C20H26N2O4S.C2H4O2/c1-20(2,3)26-19(23)18(13-14-21)22-27(24,25)17-11-9-16(10-12-17)15-7-5-4-6-8-15;1-2(3)4/h4-12,18,22H,13-14,21H2,1-3H3;1H3,(H,3,4)/t18-;/m1./s1. The Hall–Kier alpha value is -2.75. The fourth-order valence-corrected chi connectivity index (χ4v) is 3.70. The van der Waals surface area contributed by atoms with Crippen LogP contribution in [-0.2, 0) is 24.3 Å². The van der Waals surface area contributed by atoms with Crippen LogP contribution in [0.2, 0.25) is 0 Å². The summed E-state index contributed by atoms with van der Waals surface area (Å²) in [6.07, 6.45) is 0.149. The van der Waals surface area contributed by atoms with E-state index >= 15 is 0 Å². The third-order valence-electron chi connectivity index (χ3n) is 3.72. The molecule has 1 atom stereocenters. The molecule has 0 amide bonds. The summed E-state index contributed by atoms with van der Waals surface area (Å²) in [6, 6.07) is 15.1. The van der Waals surface area contributed by atoms with E-state index in [4.69, 9.17) is 20.4 Å². The first kappa shape index (κ1) is 26.3. The van der Waals surface area contributed by atoms with Crippen molar-refractivity contribution in [3.8, 4) is 11.1 Å². The SMILES string of the molecule is CC(=O)O.CC(C)(C)OC(=O)[C@@H](CCN)NS(=O)(=O)c1ccc(-c2ccccc2)cc1. The van der Waals surface area contributed by atoms with Crippen molar-refractivity contribution >= 4 is 22.0 Å². The van der Waals surface area contributed by atoms with Gasteiger partial charge in [0.05, 0.1) is 4.90 Å². The van der Waals surface area contributed by atoms with Crippen LogP contribution < -0.4 is 10.5 Å². The summed E-state index contributed by atoms with van der Waals surface area (Å²) < 4.78 is 33.1. The average Bonchev–Trinajstić information content (AvgIpc) is 2.66. The van der Waals surface area contributed by atoms with Crippen molar-refractivity contribution in [3.63, 3.8) is 0 Å². The molecule has 0 aliphatic carbocycles. The monoisotopic (exact) mass is 450 g/mol. The summed E-state index contributed by atoms with van der Waals surface area (Å²) in [5.74, 6) is -1.47. The highest BCUT2D eigenvalue weighted by molar-refractivity contribution is 7.89. The Morgan fingerprint density at radius 2 is 1.52 bits per heavy atom. The van der Waals surface area contributed by atoms with Gasteiger partial charge >= 0.3 is 5.97 Å². The second kappa shape index (κ2) is 11.6. The lowest BCUT2D eigenvalue weighted by Gasteiger charge is -2.24. The van der Waals surface area contributed by atoms with Gasteiger partial charge in [-0.15, -0.1) is 0 Å². The van der Waals surface area contributed by atoms with Gasteiger partial charge in [-0.05, 0) is 57.0 Å². The topological polar surface area (TPSA) is 136 Å². The third kappa shape index (κ3) is 9.73. The Kier molecular flexibility index (Phi) is 9.83. The minimum atomic E-state index is -3.89. The Morgan fingerprint density at radius 3 is 1.97 bits per heavy atom. The predicted octanol–water partition coefficient (Wildman–Crippen LogP) is 2.78. The van der Waals surface area contributed by atoms with E-state index in [0.717, 1.165) is 18.1 Å². The maximum absolute atomic E-state index is 12.7. The third-order valence-corrected chi connectivity index (χ3v) is 5.20. The quantitative estimate of drug-likeness (QED) is 0.552. The van der Waals surface area contributed by atoms with Crippen LogP contribution in [0.4, 0.5) is 0 Å². The Labute approximate surface area is 183 Å². The van der Waals surface area contributed by atoms with Crippen LogP contribution in [0.15, 0.2) is 59.5 Å². The zero-order chi connectivity index (χ0) is 23.7. The smallest absolute Gasteiger partial charge is 0.324 e. The molecule has 0 radical (unpaired) electrons. The van der Waals surface area contributed by atoms with E-state index in [2.05, 4.69) is 4.72 Å². The summed E-state index contributed by atoms with van der Waals surface area (Å²) >= 11 is 0. The number of hydrogen-bond donors (Lipinski definition) is 3. The maximum Gasteiger partial charge on any atom is 0.324 e. The lowest BCUT2D eigenvalue weighted by molar-refractivity contribution is -0.157. The van der Waals surface area contributed by atoms with Crippen molar-refractivity contribution in [1.82, 2.24) is 4.72 Å². The first-order valence-electron chi connectivity index (χ1n) is 9.66. The fraction of sp³-hybridized carbons (Fsp3) is 0.364. The lowest BCUT2D eigenvalue weighted by Crippen LogP contribution is -2.45. The zero-order valence-electron chi connectivity index (χ0n) is 18.2. The number of nitrogens with one attached hydrogen (secondary N) is 1. The van der Waals surface area contributed by atoms with Crippen molar-refractivity contribution in [3.05, 3.63) is 54.6 Å². The number of carboxylic acid groups (broad SMARTS) is 1. The molecule has 31 heavy (non-hydrogen) atoms. The normalized spacial score (nSPS) is 12.3. The molecular weight excluding hydrogens is 420 g/mol. The first-order chi connectivity index (χ1) is 14.4. The Balaban J connectivity index is 0.00000110. The molecule has 0 bridgehead atoms. The van der Waals surface area contributed by atoms with Gasteiger partial charge in [-0.25, -0.2) is 8.42 Å². The number of esters is 1. The Bertz CT molecular complexity index is 948. The molecule has 0 aromatic heterocycles. The number of hydrogen-bond acceptors (Lipinski definition) is 6. The van der Waals surface area contributed by atoms with E-state index in [1.807, 2.05) is 30.3 Å². The van der Waals surface area contributed by atoms with Gasteiger partial charge in [0.2, 0.25) is 10.0 Å². The van der Waals surface area contributed by atoms with Crippen molar-refractivity contribution in [1.29, 1.82) is 0 Å². The Morgan fingerprint density at radius 1 is 1.03 bits per heavy atom. The molecule has 9 heteroatoms. The molecule has 0 aliphatic rings. The lowest BCUT2D eigenvalue weighted by atomic mass is 10.1. The molecule has 4 N–H and O–H groups in total.